The Morgan fingerprint density at radius 3 is 1.60 bits per heavy atom. The Morgan fingerprint density at radius 1 is 1.00 bits per heavy atom. The summed E-state index contributed by atoms with van der Waals surface area (Å²) in [7, 11) is -0.981. The quantitative estimate of drug-likeness (QED) is 0.379. The Hall–Kier alpha value is 1.20. The molecular weight excluding hydrogens is 163 g/mol. The summed E-state index contributed by atoms with van der Waals surface area (Å²) < 4.78 is 0. The molecule has 0 nitrogen and oxygen atoms in total. The van der Waals surface area contributed by atoms with Crippen LogP contribution in [0.25, 0.3) is 0 Å². The fourth-order valence-corrected chi connectivity index (χ4v) is 2.07. The van der Waals surface area contributed by atoms with Gasteiger partial charge in [-0.1, -0.05) is 19.6 Å². The summed E-state index contributed by atoms with van der Waals surface area (Å²) in [5.41, 5.74) is 0. The summed E-state index contributed by atoms with van der Waals surface area (Å²) in [6.45, 7) is 7.09. The van der Waals surface area contributed by atoms with Crippen molar-refractivity contribution in [2.45, 2.75) is 19.6 Å². The van der Waals surface area contributed by atoms with Crippen molar-refractivity contribution >= 4 is 13.3 Å². The Kier molecular flexibility index (Phi) is 4.80. The fourth-order valence-electron chi connectivity index (χ4n) is 0.874. The zero-order valence-electron chi connectivity index (χ0n) is 7.31. The van der Waals surface area contributed by atoms with Gasteiger partial charge in [0.05, 0.1) is 0 Å². The smallest absolute Gasteiger partial charge is 0.214 e. The third-order valence-corrected chi connectivity index (χ3v) is 3.59. The number of hydrogen-bond donors (Lipinski definition) is 0. The minimum atomic E-state index is -0.981. The van der Waals surface area contributed by atoms with Gasteiger partial charge >= 0.3 is 51.4 Å². The molecule has 0 aromatic heterocycles. The number of hydrogen-bond acceptors (Lipinski definition) is 0. The zero-order chi connectivity index (χ0) is 6.91. The molecule has 0 saturated heterocycles. The van der Waals surface area contributed by atoms with Crippen LogP contribution in [0.1, 0.15) is 0 Å². The van der Waals surface area contributed by atoms with E-state index < -0.39 is 8.07 Å². The molecule has 1 aromatic rings. The summed E-state index contributed by atoms with van der Waals surface area (Å²) in [5, 5.41) is 1.56. The van der Waals surface area contributed by atoms with Crippen LogP contribution in [-0.4, -0.2) is 8.07 Å². The first-order chi connectivity index (χ1) is 4.11. The van der Waals surface area contributed by atoms with Crippen molar-refractivity contribution in [1.82, 2.24) is 0 Å². The Balaban J connectivity index is 0.000000810. The SMILES string of the molecule is C[Si](C)(C)[c-]1cccc1.[K+]. The standard InChI is InChI=1S/C8H13Si.K/c1-9(2,3)8-6-4-5-7-8;/h4-7H,1-3H3;/q-1;+1. The first kappa shape index (κ1) is 11.2. The van der Waals surface area contributed by atoms with Crippen molar-refractivity contribution in [3.05, 3.63) is 24.3 Å². The van der Waals surface area contributed by atoms with Crippen molar-refractivity contribution in [2.24, 2.45) is 0 Å². The summed E-state index contributed by atoms with van der Waals surface area (Å²) in [6.07, 6.45) is 0. The normalized spacial score (nSPS) is 10.7. The molecule has 0 atom stereocenters. The summed E-state index contributed by atoms with van der Waals surface area (Å²) in [4.78, 5) is 0. The molecule has 0 aliphatic heterocycles. The molecule has 0 spiro atoms. The van der Waals surface area contributed by atoms with Crippen molar-refractivity contribution in [1.29, 1.82) is 0 Å². The fraction of sp³-hybridized carbons (Fsp3) is 0.375. The van der Waals surface area contributed by atoms with Crippen molar-refractivity contribution in [3.8, 4) is 0 Å². The van der Waals surface area contributed by atoms with Gasteiger partial charge < -0.3 is 0 Å². The summed E-state index contributed by atoms with van der Waals surface area (Å²) in [6, 6.07) is 8.69. The van der Waals surface area contributed by atoms with Crippen LogP contribution in [0, 0.1) is 0 Å². The van der Waals surface area contributed by atoms with Gasteiger partial charge in [-0.25, -0.2) is 12.1 Å². The van der Waals surface area contributed by atoms with E-state index in [0.29, 0.717) is 0 Å². The van der Waals surface area contributed by atoms with Crippen LogP contribution in [0.3, 0.4) is 0 Å². The molecule has 1 rings (SSSR count). The third-order valence-electron chi connectivity index (χ3n) is 1.53. The Labute approximate surface area is 107 Å². The van der Waals surface area contributed by atoms with Crippen LogP contribution in [0.5, 0.6) is 0 Å². The molecule has 0 radical (unpaired) electrons. The topological polar surface area (TPSA) is 0 Å². The minimum Gasteiger partial charge on any atom is -0.214 e. The monoisotopic (exact) mass is 176 g/mol. The van der Waals surface area contributed by atoms with Crippen LogP contribution in [0.4, 0.5) is 0 Å². The van der Waals surface area contributed by atoms with E-state index in [0.717, 1.165) is 0 Å². The van der Waals surface area contributed by atoms with Crippen LogP contribution in [-0.2, 0) is 0 Å². The average molecular weight is 176 g/mol. The molecule has 0 N–H and O–H groups in total. The van der Waals surface area contributed by atoms with Gasteiger partial charge in [0.2, 0.25) is 0 Å². The Morgan fingerprint density at radius 2 is 1.40 bits per heavy atom. The van der Waals surface area contributed by atoms with Gasteiger partial charge in [-0.3, -0.25) is 0 Å². The van der Waals surface area contributed by atoms with E-state index in [4.69, 9.17) is 0 Å². The minimum absolute atomic E-state index is 0. The van der Waals surface area contributed by atoms with Crippen LogP contribution < -0.4 is 56.6 Å². The second kappa shape index (κ2) is 4.28. The van der Waals surface area contributed by atoms with Crippen LogP contribution in [0.2, 0.25) is 19.6 Å². The summed E-state index contributed by atoms with van der Waals surface area (Å²) >= 11 is 0. The van der Waals surface area contributed by atoms with Gasteiger partial charge in [-0.05, 0) is 0 Å². The van der Waals surface area contributed by atoms with Gasteiger partial charge in [-0.15, -0.1) is 0 Å². The first-order valence-electron chi connectivity index (χ1n) is 3.33. The average Bonchev–Trinajstić information content (AvgIpc) is 2.08. The molecule has 0 saturated carbocycles. The molecular formula is C8H13KSi. The van der Waals surface area contributed by atoms with Crippen molar-refractivity contribution in [2.75, 3.05) is 0 Å². The van der Waals surface area contributed by atoms with Gasteiger partial charge in [0, 0.05) is 8.07 Å². The van der Waals surface area contributed by atoms with E-state index in [9.17, 15) is 0 Å². The number of rotatable bonds is 1. The van der Waals surface area contributed by atoms with E-state index >= 15 is 0 Å². The summed E-state index contributed by atoms with van der Waals surface area (Å²) in [5.74, 6) is 0. The zero-order valence-corrected chi connectivity index (χ0v) is 11.4. The second-order valence-corrected chi connectivity index (χ2v) is 8.50. The predicted octanol–water partition coefficient (Wildman–Crippen LogP) is -1.05. The maximum Gasteiger partial charge on any atom is 1.00 e. The molecule has 0 amide bonds. The predicted molar refractivity (Wildman–Crippen MR) is 45.0 cm³/mol. The molecule has 10 heavy (non-hydrogen) atoms. The van der Waals surface area contributed by atoms with E-state index in [1.165, 1.54) is 0 Å². The molecule has 0 fully saturated rings. The molecule has 1 aromatic carbocycles. The van der Waals surface area contributed by atoms with E-state index in [1.54, 1.807) is 5.19 Å². The molecule has 50 valence electrons. The Bertz CT molecular complexity index is 172. The second-order valence-electron chi connectivity index (χ2n) is 3.42. The van der Waals surface area contributed by atoms with Gasteiger partial charge in [0.15, 0.2) is 0 Å². The van der Waals surface area contributed by atoms with Gasteiger partial charge in [0.25, 0.3) is 0 Å². The molecule has 0 aliphatic carbocycles. The van der Waals surface area contributed by atoms with E-state index in [-0.39, 0.29) is 51.4 Å². The molecule has 0 unspecified atom stereocenters. The van der Waals surface area contributed by atoms with Gasteiger partial charge in [-0.2, -0.15) is 17.3 Å². The first-order valence-corrected chi connectivity index (χ1v) is 6.83. The largest absolute Gasteiger partial charge is 1.00 e. The van der Waals surface area contributed by atoms with Gasteiger partial charge in [0.1, 0.15) is 0 Å². The van der Waals surface area contributed by atoms with E-state index in [2.05, 4.69) is 43.9 Å². The molecule has 2 heteroatoms. The molecule has 0 bridgehead atoms. The van der Waals surface area contributed by atoms with Crippen molar-refractivity contribution in [3.63, 3.8) is 0 Å². The van der Waals surface area contributed by atoms with E-state index in [1.807, 2.05) is 0 Å². The molecule has 0 heterocycles. The van der Waals surface area contributed by atoms with Crippen LogP contribution in [0.15, 0.2) is 24.3 Å². The molecule has 0 aliphatic rings. The van der Waals surface area contributed by atoms with Crippen LogP contribution >= 0.6 is 0 Å². The van der Waals surface area contributed by atoms with Crippen molar-refractivity contribution < 1.29 is 51.4 Å². The third kappa shape index (κ3) is 3.07. The maximum atomic E-state index is 2.36. The maximum absolute atomic E-state index is 2.36.